The second-order valence-electron chi connectivity index (χ2n) is 6.40. The molecule has 0 saturated carbocycles. The van der Waals surface area contributed by atoms with Crippen LogP contribution >= 0.6 is 11.6 Å². The third-order valence-electron chi connectivity index (χ3n) is 4.55. The smallest absolute Gasteiger partial charge is 0.312 e. The number of carbonyl (C=O) groups is 2. The quantitative estimate of drug-likeness (QED) is 0.753. The van der Waals surface area contributed by atoms with Crippen LogP contribution in [0, 0.1) is 0 Å². The summed E-state index contributed by atoms with van der Waals surface area (Å²) in [4.78, 5) is 30.7. The van der Waals surface area contributed by atoms with Gasteiger partial charge in [-0.2, -0.15) is 0 Å². The van der Waals surface area contributed by atoms with Crippen LogP contribution in [0.2, 0.25) is 5.02 Å². The Kier molecular flexibility index (Phi) is 4.47. The average Bonchev–Trinajstić information content (AvgIpc) is 3.18. The molecule has 3 aliphatic rings. The predicted octanol–water partition coefficient (Wildman–Crippen LogP) is 3.17. The second-order valence-corrected chi connectivity index (χ2v) is 6.83. The van der Waals surface area contributed by atoms with E-state index >= 15 is 0 Å². The van der Waals surface area contributed by atoms with Crippen molar-refractivity contribution in [2.45, 2.75) is 18.9 Å². The summed E-state index contributed by atoms with van der Waals surface area (Å²) in [5.41, 5.74) is 1.81. The molecule has 4 rings (SSSR count). The van der Waals surface area contributed by atoms with Gasteiger partial charge in [-0.3, -0.25) is 9.59 Å². The highest BCUT2D eigenvalue weighted by molar-refractivity contribution is 6.30. The molecule has 2 aliphatic heterocycles. The van der Waals surface area contributed by atoms with Crippen molar-refractivity contribution >= 4 is 35.2 Å². The number of rotatable bonds is 2. The van der Waals surface area contributed by atoms with E-state index in [1.54, 1.807) is 48.6 Å². The first-order chi connectivity index (χ1) is 12.6. The van der Waals surface area contributed by atoms with Gasteiger partial charge in [0, 0.05) is 23.7 Å². The summed E-state index contributed by atoms with van der Waals surface area (Å²) >= 11 is 5.87. The Morgan fingerprint density at radius 3 is 2.69 bits per heavy atom. The Bertz CT molecular complexity index is 875. The van der Waals surface area contributed by atoms with Gasteiger partial charge < -0.3 is 9.64 Å². The van der Waals surface area contributed by atoms with Crippen LogP contribution in [0.15, 0.2) is 58.8 Å². The number of carbonyl (C=O) groups excluding carboxylic acids is 2. The number of fused-ring (bicyclic) bond motifs is 1. The minimum atomic E-state index is -0.457. The van der Waals surface area contributed by atoms with E-state index in [4.69, 9.17) is 16.3 Å². The standard InChI is InChI=1S/C20H17ClN2O3/c21-15-6-3-13(4-7-15)11-18-19(24)22-16-12-14(5-8-17(16)26-18)20(25)23-9-1-2-10-23/h3-8,11-12,17H,1-2,9-10H2/b18-11-. The Hall–Kier alpha value is -2.66. The lowest BCUT2D eigenvalue weighted by Crippen LogP contribution is -2.34. The van der Waals surface area contributed by atoms with Gasteiger partial charge in [-0.15, -0.1) is 0 Å². The Morgan fingerprint density at radius 2 is 1.96 bits per heavy atom. The van der Waals surface area contributed by atoms with Gasteiger partial charge in [0.05, 0.1) is 5.71 Å². The second kappa shape index (κ2) is 6.92. The van der Waals surface area contributed by atoms with Crippen LogP contribution in [-0.2, 0) is 14.3 Å². The van der Waals surface area contributed by atoms with Crippen molar-refractivity contribution in [3.8, 4) is 0 Å². The van der Waals surface area contributed by atoms with Crippen molar-refractivity contribution in [3.63, 3.8) is 0 Å². The fourth-order valence-electron chi connectivity index (χ4n) is 3.18. The molecule has 132 valence electrons. The van der Waals surface area contributed by atoms with Crippen molar-refractivity contribution in [2.75, 3.05) is 13.1 Å². The molecule has 1 aliphatic carbocycles. The van der Waals surface area contributed by atoms with Crippen LogP contribution in [-0.4, -0.2) is 41.6 Å². The van der Waals surface area contributed by atoms with Gasteiger partial charge in [0.2, 0.25) is 0 Å². The molecule has 2 amide bonds. The van der Waals surface area contributed by atoms with Gasteiger partial charge in [-0.1, -0.05) is 23.7 Å². The molecule has 0 N–H and O–H groups in total. The van der Waals surface area contributed by atoms with Gasteiger partial charge in [0.25, 0.3) is 5.91 Å². The lowest BCUT2D eigenvalue weighted by Gasteiger charge is -2.25. The van der Waals surface area contributed by atoms with Crippen LogP contribution in [0.25, 0.3) is 6.08 Å². The Labute approximate surface area is 156 Å². The average molecular weight is 369 g/mol. The molecule has 0 bridgehead atoms. The maximum atomic E-state index is 12.5. The van der Waals surface area contributed by atoms with Gasteiger partial charge in [0.15, 0.2) is 11.9 Å². The summed E-state index contributed by atoms with van der Waals surface area (Å²) in [5, 5.41) is 0.624. The molecule has 1 unspecified atom stereocenters. The van der Waals surface area contributed by atoms with Gasteiger partial charge in [-0.25, -0.2) is 4.99 Å². The number of aliphatic imine (C=N–C) groups is 1. The normalized spacial score (nSPS) is 23.4. The molecule has 1 aromatic carbocycles. The number of hydrogen-bond acceptors (Lipinski definition) is 3. The largest absolute Gasteiger partial charge is 0.474 e. The van der Waals surface area contributed by atoms with Gasteiger partial charge >= 0.3 is 5.91 Å². The van der Waals surface area contributed by atoms with E-state index in [-0.39, 0.29) is 11.7 Å². The minimum Gasteiger partial charge on any atom is -0.474 e. The fourth-order valence-corrected chi connectivity index (χ4v) is 3.30. The summed E-state index contributed by atoms with van der Waals surface area (Å²) in [6.07, 6.45) is 8.43. The highest BCUT2D eigenvalue weighted by Crippen LogP contribution is 2.24. The van der Waals surface area contributed by atoms with Crippen LogP contribution in [0.4, 0.5) is 0 Å². The topological polar surface area (TPSA) is 59.0 Å². The number of nitrogens with zero attached hydrogens (tertiary/aromatic N) is 2. The van der Waals surface area contributed by atoms with E-state index in [2.05, 4.69) is 4.99 Å². The highest BCUT2D eigenvalue weighted by atomic mass is 35.5. The summed E-state index contributed by atoms with van der Waals surface area (Å²) in [6, 6.07) is 7.09. The lowest BCUT2D eigenvalue weighted by molar-refractivity contribution is -0.125. The van der Waals surface area contributed by atoms with E-state index in [1.165, 1.54) is 0 Å². The molecule has 1 aromatic rings. The Balaban J connectivity index is 1.56. The predicted molar refractivity (Wildman–Crippen MR) is 99.8 cm³/mol. The van der Waals surface area contributed by atoms with Crippen molar-refractivity contribution < 1.29 is 14.3 Å². The maximum absolute atomic E-state index is 12.5. The fraction of sp³-hybridized carbons (Fsp3) is 0.250. The zero-order chi connectivity index (χ0) is 18.1. The zero-order valence-electron chi connectivity index (χ0n) is 14.0. The van der Waals surface area contributed by atoms with Crippen molar-refractivity contribution in [3.05, 3.63) is 64.4 Å². The number of hydrogen-bond donors (Lipinski definition) is 0. The summed E-state index contributed by atoms with van der Waals surface area (Å²) in [5.74, 6) is -0.297. The molecule has 1 fully saturated rings. The number of ether oxygens (including phenoxy) is 1. The van der Waals surface area contributed by atoms with E-state index in [0.717, 1.165) is 31.5 Å². The molecule has 2 heterocycles. The molecule has 0 spiro atoms. The number of amides is 2. The number of benzene rings is 1. The monoisotopic (exact) mass is 368 g/mol. The van der Waals surface area contributed by atoms with Crippen LogP contribution in [0.1, 0.15) is 18.4 Å². The van der Waals surface area contributed by atoms with Crippen LogP contribution < -0.4 is 0 Å². The zero-order valence-corrected chi connectivity index (χ0v) is 14.8. The SMILES string of the molecule is O=C1N=C2C=C(C(=O)N3CCCC3)C=CC2O/C1=C\c1ccc(Cl)cc1. The number of halogens is 1. The van der Waals surface area contributed by atoms with Crippen LogP contribution in [0.3, 0.4) is 0 Å². The van der Waals surface area contributed by atoms with E-state index in [9.17, 15) is 9.59 Å². The first kappa shape index (κ1) is 16.8. The molecule has 1 saturated heterocycles. The highest BCUT2D eigenvalue weighted by Gasteiger charge is 2.30. The third kappa shape index (κ3) is 3.35. The molecule has 0 aromatic heterocycles. The first-order valence-electron chi connectivity index (χ1n) is 8.56. The van der Waals surface area contributed by atoms with Gasteiger partial charge in [0.1, 0.15) is 0 Å². The van der Waals surface area contributed by atoms with E-state index in [0.29, 0.717) is 16.3 Å². The number of likely N-dealkylation sites (tertiary alicyclic amines) is 1. The van der Waals surface area contributed by atoms with Crippen molar-refractivity contribution in [1.82, 2.24) is 4.90 Å². The molecule has 5 nitrogen and oxygen atoms in total. The molecule has 26 heavy (non-hydrogen) atoms. The molecule has 0 radical (unpaired) electrons. The lowest BCUT2D eigenvalue weighted by atomic mass is 10.0. The maximum Gasteiger partial charge on any atom is 0.312 e. The Morgan fingerprint density at radius 1 is 1.23 bits per heavy atom. The van der Waals surface area contributed by atoms with E-state index < -0.39 is 12.0 Å². The van der Waals surface area contributed by atoms with E-state index in [1.807, 2.05) is 4.90 Å². The van der Waals surface area contributed by atoms with Crippen molar-refractivity contribution in [2.24, 2.45) is 4.99 Å². The summed E-state index contributed by atoms with van der Waals surface area (Å²) in [7, 11) is 0. The van der Waals surface area contributed by atoms with Crippen LogP contribution in [0.5, 0.6) is 0 Å². The molecular weight excluding hydrogens is 352 g/mol. The molecular formula is C20H17ClN2O3. The molecule has 1 atom stereocenters. The minimum absolute atomic E-state index is 0.0187. The summed E-state index contributed by atoms with van der Waals surface area (Å²) in [6.45, 7) is 1.56. The van der Waals surface area contributed by atoms with Crippen molar-refractivity contribution in [1.29, 1.82) is 0 Å². The summed E-state index contributed by atoms with van der Waals surface area (Å²) < 4.78 is 5.78. The third-order valence-corrected chi connectivity index (χ3v) is 4.80. The first-order valence-corrected chi connectivity index (χ1v) is 8.94. The van der Waals surface area contributed by atoms with Gasteiger partial charge in [-0.05, 0) is 54.8 Å². The molecule has 6 heteroatoms.